The van der Waals surface area contributed by atoms with Crippen LogP contribution in [0.2, 0.25) is 0 Å². The molecule has 0 saturated heterocycles. The Hall–Kier alpha value is -2.71. The smallest absolute Gasteiger partial charge is 0.242 e. The Morgan fingerprint density at radius 2 is 1.53 bits per heavy atom. The second-order valence-corrected chi connectivity index (χ2v) is 10.7. The van der Waals surface area contributed by atoms with Gasteiger partial charge in [0.05, 0.1) is 4.90 Å². The summed E-state index contributed by atoms with van der Waals surface area (Å²) < 4.78 is 26.7. The Morgan fingerprint density at radius 1 is 0.941 bits per heavy atom. The number of sulfonamides is 1. The van der Waals surface area contributed by atoms with Crippen LogP contribution >= 0.6 is 0 Å². The molecule has 2 aromatic carbocycles. The van der Waals surface area contributed by atoms with Gasteiger partial charge in [0.15, 0.2) is 0 Å². The van der Waals surface area contributed by atoms with Crippen LogP contribution in [0.4, 0.5) is 0 Å². The summed E-state index contributed by atoms with van der Waals surface area (Å²) in [6.07, 6.45) is 1.67. The Balaban J connectivity index is 2.06. The van der Waals surface area contributed by atoms with Crippen molar-refractivity contribution in [2.45, 2.75) is 63.4 Å². The molecule has 7 nitrogen and oxygen atoms in total. The lowest BCUT2D eigenvalue weighted by atomic mass is 10.1. The summed E-state index contributed by atoms with van der Waals surface area (Å²) >= 11 is 0. The van der Waals surface area contributed by atoms with Crippen LogP contribution in [0.3, 0.4) is 0 Å². The van der Waals surface area contributed by atoms with Crippen LogP contribution < -0.4 is 5.32 Å². The summed E-state index contributed by atoms with van der Waals surface area (Å²) in [7, 11) is -2.09. The molecule has 0 aromatic heterocycles. The molecule has 1 N–H and O–H groups in total. The highest BCUT2D eigenvalue weighted by Crippen LogP contribution is 2.16. The van der Waals surface area contributed by atoms with Gasteiger partial charge in [-0.1, -0.05) is 55.5 Å². The van der Waals surface area contributed by atoms with Crippen molar-refractivity contribution >= 4 is 21.8 Å². The summed E-state index contributed by atoms with van der Waals surface area (Å²) in [5, 5.41) is 2.92. The molecule has 0 saturated carbocycles. The van der Waals surface area contributed by atoms with Crippen molar-refractivity contribution in [3.63, 3.8) is 0 Å². The lowest BCUT2D eigenvalue weighted by Gasteiger charge is -2.31. The van der Waals surface area contributed by atoms with Gasteiger partial charge in [0.1, 0.15) is 6.04 Å². The summed E-state index contributed by atoms with van der Waals surface area (Å²) in [6, 6.07) is 17.5. The molecule has 0 unspecified atom stereocenters. The number of nitrogens with zero attached hydrogens (tertiary/aromatic N) is 2. The van der Waals surface area contributed by atoms with E-state index in [0.717, 1.165) is 5.56 Å². The normalized spacial score (nSPS) is 12.5. The summed E-state index contributed by atoms with van der Waals surface area (Å²) in [5.74, 6) is -0.310. The van der Waals surface area contributed by atoms with Gasteiger partial charge in [0.2, 0.25) is 21.8 Å². The largest absolute Gasteiger partial charge is 0.352 e. The van der Waals surface area contributed by atoms with E-state index in [9.17, 15) is 18.0 Å². The van der Waals surface area contributed by atoms with Crippen molar-refractivity contribution < 1.29 is 18.0 Å². The third-order valence-corrected chi connectivity index (χ3v) is 7.49. The van der Waals surface area contributed by atoms with Crippen molar-refractivity contribution in [1.82, 2.24) is 14.5 Å². The van der Waals surface area contributed by atoms with Crippen LogP contribution in [-0.4, -0.2) is 61.7 Å². The third-order valence-electron chi connectivity index (χ3n) is 5.62. The van der Waals surface area contributed by atoms with Crippen molar-refractivity contribution in [3.8, 4) is 0 Å². The average molecular weight is 488 g/mol. The van der Waals surface area contributed by atoms with E-state index in [1.54, 1.807) is 35.2 Å². The first-order valence-electron chi connectivity index (χ1n) is 11.8. The van der Waals surface area contributed by atoms with E-state index in [1.807, 2.05) is 51.1 Å². The highest BCUT2D eigenvalue weighted by molar-refractivity contribution is 7.89. The van der Waals surface area contributed by atoms with Crippen LogP contribution in [0.15, 0.2) is 65.6 Å². The molecule has 2 aromatic rings. The minimum Gasteiger partial charge on any atom is -0.352 e. The third kappa shape index (κ3) is 7.95. The molecular weight excluding hydrogens is 450 g/mol. The minimum absolute atomic E-state index is 0.0236. The van der Waals surface area contributed by atoms with Gasteiger partial charge in [-0.15, -0.1) is 0 Å². The number of carbonyl (C=O) groups excluding carboxylic acids is 2. The number of rotatable bonds is 13. The Labute approximate surface area is 204 Å². The second-order valence-electron chi connectivity index (χ2n) is 8.65. The molecule has 2 amide bonds. The van der Waals surface area contributed by atoms with E-state index >= 15 is 0 Å². The maximum atomic E-state index is 13.2. The fraction of sp³-hybridized carbons (Fsp3) is 0.462. The minimum atomic E-state index is -3.61. The first-order chi connectivity index (χ1) is 16.2. The molecule has 34 heavy (non-hydrogen) atoms. The first-order valence-corrected chi connectivity index (χ1v) is 13.3. The maximum Gasteiger partial charge on any atom is 0.242 e. The fourth-order valence-electron chi connectivity index (χ4n) is 3.77. The predicted molar refractivity (Wildman–Crippen MR) is 135 cm³/mol. The van der Waals surface area contributed by atoms with Crippen LogP contribution in [0.25, 0.3) is 0 Å². The van der Waals surface area contributed by atoms with Crippen LogP contribution in [0.5, 0.6) is 0 Å². The quantitative estimate of drug-likeness (QED) is 0.469. The standard InChI is InChI=1S/C26H37N3O4S/c1-5-24(26(31)27-21(2)3)29(20-18-22-13-8-6-9-14-22)25(30)17-12-19-28(4)34(32,33)23-15-10-7-11-16-23/h6-11,13-16,21,24H,5,12,17-20H2,1-4H3,(H,27,31)/t24-/m1/s1. The Kier molecular flexibility index (Phi) is 10.7. The zero-order valence-corrected chi connectivity index (χ0v) is 21.4. The molecule has 8 heteroatoms. The lowest BCUT2D eigenvalue weighted by Crippen LogP contribution is -2.51. The maximum absolute atomic E-state index is 13.2. The van der Waals surface area contributed by atoms with E-state index in [-0.39, 0.29) is 35.7 Å². The van der Waals surface area contributed by atoms with Gasteiger partial charge in [0.25, 0.3) is 0 Å². The molecule has 0 bridgehead atoms. The van der Waals surface area contributed by atoms with Crippen molar-refractivity contribution in [2.75, 3.05) is 20.1 Å². The van der Waals surface area contributed by atoms with E-state index in [2.05, 4.69) is 5.32 Å². The van der Waals surface area contributed by atoms with E-state index in [0.29, 0.717) is 25.8 Å². The molecule has 1 atom stereocenters. The number of hydrogen-bond acceptors (Lipinski definition) is 4. The molecule has 186 valence electrons. The Morgan fingerprint density at radius 3 is 2.09 bits per heavy atom. The number of hydrogen-bond donors (Lipinski definition) is 1. The molecule has 0 heterocycles. The van der Waals surface area contributed by atoms with Gasteiger partial charge in [-0.3, -0.25) is 9.59 Å². The number of carbonyl (C=O) groups is 2. The van der Waals surface area contributed by atoms with E-state index < -0.39 is 16.1 Å². The van der Waals surface area contributed by atoms with Crippen molar-refractivity contribution in [1.29, 1.82) is 0 Å². The number of nitrogens with one attached hydrogen (secondary N) is 1. The van der Waals surface area contributed by atoms with Gasteiger partial charge < -0.3 is 10.2 Å². The lowest BCUT2D eigenvalue weighted by molar-refractivity contribution is -0.141. The molecule has 2 rings (SSSR count). The molecular formula is C26H37N3O4S. The first kappa shape index (κ1) is 27.5. The average Bonchev–Trinajstić information content (AvgIpc) is 2.82. The molecule has 0 spiro atoms. The topological polar surface area (TPSA) is 86.8 Å². The zero-order valence-electron chi connectivity index (χ0n) is 20.6. The summed E-state index contributed by atoms with van der Waals surface area (Å²) in [5.41, 5.74) is 1.09. The van der Waals surface area contributed by atoms with Gasteiger partial charge in [-0.05, 0) is 50.8 Å². The molecule has 0 aliphatic rings. The van der Waals surface area contributed by atoms with Gasteiger partial charge >= 0.3 is 0 Å². The summed E-state index contributed by atoms with van der Waals surface area (Å²) in [6.45, 7) is 6.32. The zero-order chi connectivity index (χ0) is 25.1. The fourth-order valence-corrected chi connectivity index (χ4v) is 5.00. The van der Waals surface area contributed by atoms with Crippen LogP contribution in [0.1, 0.15) is 45.6 Å². The molecule has 0 radical (unpaired) electrons. The monoisotopic (exact) mass is 487 g/mol. The Bertz CT molecular complexity index is 1010. The highest BCUT2D eigenvalue weighted by Gasteiger charge is 2.28. The summed E-state index contributed by atoms with van der Waals surface area (Å²) in [4.78, 5) is 27.9. The molecule has 0 fully saturated rings. The van der Waals surface area contributed by atoms with Crippen LogP contribution in [0, 0.1) is 0 Å². The van der Waals surface area contributed by atoms with Crippen molar-refractivity contribution in [2.24, 2.45) is 0 Å². The van der Waals surface area contributed by atoms with Crippen LogP contribution in [-0.2, 0) is 26.0 Å². The van der Waals surface area contributed by atoms with Gasteiger partial charge in [-0.2, -0.15) is 0 Å². The molecule has 0 aliphatic heterocycles. The highest BCUT2D eigenvalue weighted by atomic mass is 32.2. The van der Waals surface area contributed by atoms with Crippen molar-refractivity contribution in [3.05, 3.63) is 66.2 Å². The second kappa shape index (κ2) is 13.2. The number of benzene rings is 2. The number of amides is 2. The molecule has 0 aliphatic carbocycles. The SMILES string of the molecule is CC[C@H](C(=O)NC(C)C)N(CCc1ccccc1)C(=O)CCCN(C)S(=O)(=O)c1ccccc1. The van der Waals surface area contributed by atoms with E-state index in [4.69, 9.17) is 0 Å². The van der Waals surface area contributed by atoms with Gasteiger partial charge in [0, 0.05) is 32.6 Å². The predicted octanol–water partition coefficient (Wildman–Crippen LogP) is 3.46. The van der Waals surface area contributed by atoms with E-state index in [1.165, 1.54) is 11.4 Å². The van der Waals surface area contributed by atoms with Gasteiger partial charge in [-0.25, -0.2) is 12.7 Å².